The molecule has 1 aliphatic rings. The predicted octanol–water partition coefficient (Wildman–Crippen LogP) is 1.79. The maximum Gasteiger partial charge on any atom is 0.319 e. The van der Waals surface area contributed by atoms with Crippen molar-refractivity contribution in [1.82, 2.24) is 10.6 Å². The Bertz CT molecular complexity index is 362. The minimum atomic E-state index is -0.144. The largest absolute Gasteiger partial charge is 0.337 e. The standard InChI is InChI=1S/C11H14BrN3O/c12-9-1-3-10(4-2-9)15-11(16)14-7-8-5-13-6-8/h1-4,8,13H,5-7H2,(H2,14,15,16). The van der Waals surface area contributed by atoms with E-state index in [1.807, 2.05) is 24.3 Å². The Hall–Kier alpha value is -1.07. The molecule has 2 amide bonds. The number of rotatable bonds is 3. The van der Waals surface area contributed by atoms with Crippen molar-refractivity contribution in [2.45, 2.75) is 0 Å². The Kier molecular flexibility index (Phi) is 3.79. The third-order valence-electron chi connectivity index (χ3n) is 2.52. The number of carbonyl (C=O) groups excluding carboxylic acids is 1. The Balaban J connectivity index is 1.75. The van der Waals surface area contributed by atoms with Gasteiger partial charge < -0.3 is 16.0 Å². The third kappa shape index (κ3) is 3.21. The second-order valence-corrected chi connectivity index (χ2v) is 4.78. The van der Waals surface area contributed by atoms with Crippen LogP contribution in [0.25, 0.3) is 0 Å². The average Bonchev–Trinajstić information content (AvgIpc) is 2.19. The van der Waals surface area contributed by atoms with Crippen molar-refractivity contribution in [2.24, 2.45) is 5.92 Å². The fourth-order valence-corrected chi connectivity index (χ4v) is 1.70. The first-order chi connectivity index (χ1) is 7.74. The van der Waals surface area contributed by atoms with E-state index in [1.165, 1.54) is 0 Å². The number of amides is 2. The molecule has 2 rings (SSSR count). The first-order valence-electron chi connectivity index (χ1n) is 5.25. The van der Waals surface area contributed by atoms with Crippen molar-refractivity contribution in [2.75, 3.05) is 25.0 Å². The lowest BCUT2D eigenvalue weighted by Crippen LogP contribution is -2.48. The van der Waals surface area contributed by atoms with Gasteiger partial charge in [0, 0.05) is 35.7 Å². The number of urea groups is 1. The van der Waals surface area contributed by atoms with Crippen LogP contribution < -0.4 is 16.0 Å². The number of halogens is 1. The molecular formula is C11H14BrN3O. The minimum absolute atomic E-state index is 0.144. The average molecular weight is 284 g/mol. The summed E-state index contributed by atoms with van der Waals surface area (Å²) in [5.41, 5.74) is 0.799. The van der Waals surface area contributed by atoms with Gasteiger partial charge in [0.1, 0.15) is 0 Å². The number of carbonyl (C=O) groups is 1. The van der Waals surface area contributed by atoms with Crippen LogP contribution in [0.1, 0.15) is 0 Å². The summed E-state index contributed by atoms with van der Waals surface area (Å²) in [7, 11) is 0. The van der Waals surface area contributed by atoms with Crippen molar-refractivity contribution in [3.8, 4) is 0 Å². The van der Waals surface area contributed by atoms with Crippen molar-refractivity contribution in [1.29, 1.82) is 0 Å². The molecule has 0 saturated carbocycles. The van der Waals surface area contributed by atoms with Gasteiger partial charge in [0.15, 0.2) is 0 Å². The zero-order valence-electron chi connectivity index (χ0n) is 8.79. The lowest BCUT2D eigenvalue weighted by atomic mass is 10.0. The van der Waals surface area contributed by atoms with Crippen LogP contribution in [-0.4, -0.2) is 25.7 Å². The van der Waals surface area contributed by atoms with Crippen LogP contribution in [0.15, 0.2) is 28.7 Å². The van der Waals surface area contributed by atoms with Gasteiger partial charge in [-0.15, -0.1) is 0 Å². The third-order valence-corrected chi connectivity index (χ3v) is 3.05. The molecule has 0 radical (unpaired) electrons. The van der Waals surface area contributed by atoms with E-state index < -0.39 is 0 Å². The lowest BCUT2D eigenvalue weighted by molar-refractivity contribution is 0.246. The van der Waals surface area contributed by atoms with Crippen molar-refractivity contribution >= 4 is 27.6 Å². The molecule has 0 aliphatic carbocycles. The number of hydrogen-bond donors (Lipinski definition) is 3. The van der Waals surface area contributed by atoms with Crippen LogP contribution in [0.3, 0.4) is 0 Å². The predicted molar refractivity (Wildman–Crippen MR) is 67.5 cm³/mol. The van der Waals surface area contributed by atoms with Crippen LogP contribution in [0.4, 0.5) is 10.5 Å². The summed E-state index contributed by atoms with van der Waals surface area (Å²) in [4.78, 5) is 11.5. The molecule has 1 aromatic carbocycles. The van der Waals surface area contributed by atoms with Crippen LogP contribution in [0.5, 0.6) is 0 Å². The first-order valence-corrected chi connectivity index (χ1v) is 6.04. The second kappa shape index (κ2) is 5.32. The molecule has 1 aromatic rings. The van der Waals surface area contributed by atoms with Gasteiger partial charge in [-0.25, -0.2) is 4.79 Å². The molecule has 0 aromatic heterocycles. The van der Waals surface area contributed by atoms with Gasteiger partial charge in [-0.1, -0.05) is 15.9 Å². The zero-order chi connectivity index (χ0) is 11.4. The minimum Gasteiger partial charge on any atom is -0.337 e. The fraction of sp³-hybridized carbons (Fsp3) is 0.364. The summed E-state index contributed by atoms with van der Waals surface area (Å²) in [5, 5.41) is 8.79. The van der Waals surface area contributed by atoms with E-state index in [1.54, 1.807) is 0 Å². The van der Waals surface area contributed by atoms with E-state index in [-0.39, 0.29) is 6.03 Å². The smallest absolute Gasteiger partial charge is 0.319 e. The van der Waals surface area contributed by atoms with Gasteiger partial charge in [-0.05, 0) is 24.3 Å². The summed E-state index contributed by atoms with van der Waals surface area (Å²) in [5.74, 6) is 0.579. The molecule has 0 atom stereocenters. The molecule has 1 heterocycles. The van der Waals surface area contributed by atoms with Gasteiger partial charge in [0.05, 0.1) is 0 Å². The van der Waals surface area contributed by atoms with Gasteiger partial charge >= 0.3 is 6.03 Å². The second-order valence-electron chi connectivity index (χ2n) is 3.87. The first kappa shape index (κ1) is 11.4. The highest BCUT2D eigenvalue weighted by molar-refractivity contribution is 9.10. The van der Waals surface area contributed by atoms with Crippen molar-refractivity contribution < 1.29 is 4.79 Å². The lowest BCUT2D eigenvalue weighted by Gasteiger charge is -2.27. The number of benzene rings is 1. The van der Waals surface area contributed by atoms with E-state index in [2.05, 4.69) is 31.9 Å². The normalized spacial score (nSPS) is 15.3. The van der Waals surface area contributed by atoms with Crippen LogP contribution in [0.2, 0.25) is 0 Å². The molecule has 0 unspecified atom stereocenters. The van der Waals surface area contributed by atoms with E-state index in [0.717, 1.165) is 29.8 Å². The number of anilines is 1. The highest BCUT2D eigenvalue weighted by atomic mass is 79.9. The van der Waals surface area contributed by atoms with E-state index in [9.17, 15) is 4.79 Å². The van der Waals surface area contributed by atoms with Crippen LogP contribution in [-0.2, 0) is 0 Å². The highest BCUT2D eigenvalue weighted by Crippen LogP contribution is 2.13. The Morgan fingerprint density at radius 3 is 2.62 bits per heavy atom. The van der Waals surface area contributed by atoms with E-state index in [4.69, 9.17) is 0 Å². The molecule has 1 aliphatic heterocycles. The summed E-state index contributed by atoms with van der Waals surface area (Å²) >= 11 is 3.34. The Morgan fingerprint density at radius 1 is 1.38 bits per heavy atom. The summed E-state index contributed by atoms with van der Waals surface area (Å²) in [6.45, 7) is 2.73. The molecule has 0 spiro atoms. The zero-order valence-corrected chi connectivity index (χ0v) is 10.4. The monoisotopic (exact) mass is 283 g/mol. The summed E-state index contributed by atoms with van der Waals surface area (Å²) < 4.78 is 0.999. The van der Waals surface area contributed by atoms with Gasteiger partial charge in [0.2, 0.25) is 0 Å². The summed E-state index contributed by atoms with van der Waals surface area (Å²) in [6, 6.07) is 7.36. The Labute approximate surface area is 103 Å². The topological polar surface area (TPSA) is 53.2 Å². The highest BCUT2D eigenvalue weighted by Gasteiger charge is 2.16. The molecule has 1 saturated heterocycles. The molecule has 1 fully saturated rings. The van der Waals surface area contributed by atoms with Gasteiger partial charge in [0.25, 0.3) is 0 Å². The van der Waals surface area contributed by atoms with Crippen LogP contribution >= 0.6 is 15.9 Å². The molecule has 3 N–H and O–H groups in total. The maximum absolute atomic E-state index is 11.5. The van der Waals surface area contributed by atoms with Crippen molar-refractivity contribution in [3.05, 3.63) is 28.7 Å². The molecule has 16 heavy (non-hydrogen) atoms. The fourth-order valence-electron chi connectivity index (χ4n) is 1.44. The van der Waals surface area contributed by atoms with Gasteiger partial charge in [-0.3, -0.25) is 0 Å². The van der Waals surface area contributed by atoms with Gasteiger partial charge in [-0.2, -0.15) is 0 Å². The molecular weight excluding hydrogens is 270 g/mol. The number of hydrogen-bond acceptors (Lipinski definition) is 2. The molecule has 86 valence electrons. The van der Waals surface area contributed by atoms with Crippen LogP contribution in [0, 0.1) is 5.92 Å². The Morgan fingerprint density at radius 2 is 2.06 bits per heavy atom. The number of nitrogens with one attached hydrogen (secondary N) is 3. The van der Waals surface area contributed by atoms with E-state index >= 15 is 0 Å². The summed E-state index contributed by atoms with van der Waals surface area (Å²) in [6.07, 6.45) is 0. The molecule has 4 nitrogen and oxygen atoms in total. The molecule has 0 bridgehead atoms. The molecule has 5 heteroatoms. The SMILES string of the molecule is O=C(NCC1CNC1)Nc1ccc(Br)cc1. The van der Waals surface area contributed by atoms with Crippen molar-refractivity contribution in [3.63, 3.8) is 0 Å². The quantitative estimate of drug-likeness (QED) is 0.792. The maximum atomic E-state index is 11.5. The van der Waals surface area contributed by atoms with E-state index in [0.29, 0.717) is 5.92 Å².